The fourth-order valence-electron chi connectivity index (χ4n) is 2.34. The molecule has 26 heavy (non-hydrogen) atoms. The molecular formula is C18H19FN4O3. The maximum Gasteiger partial charge on any atom is 0.311 e. The van der Waals surface area contributed by atoms with Crippen molar-refractivity contribution in [2.45, 2.75) is 20.8 Å². The van der Waals surface area contributed by atoms with Gasteiger partial charge in [-0.1, -0.05) is 13.8 Å². The maximum atomic E-state index is 13.4. The lowest BCUT2D eigenvalue weighted by Crippen LogP contribution is -1.99. The molecule has 7 nitrogen and oxygen atoms in total. The van der Waals surface area contributed by atoms with E-state index in [1.807, 2.05) is 13.8 Å². The number of hydrogen-bond acceptors (Lipinski definition) is 6. The summed E-state index contributed by atoms with van der Waals surface area (Å²) in [5.41, 5.74) is 1.41. The lowest BCUT2D eigenvalue weighted by molar-refractivity contribution is -0.385. The topological polar surface area (TPSA) is 90.2 Å². The van der Waals surface area contributed by atoms with Gasteiger partial charge in [-0.25, -0.2) is 14.4 Å². The van der Waals surface area contributed by atoms with Gasteiger partial charge in [0.2, 0.25) is 0 Å². The summed E-state index contributed by atoms with van der Waals surface area (Å²) in [5, 5.41) is 14.7. The largest absolute Gasteiger partial charge is 0.490 e. The van der Waals surface area contributed by atoms with Gasteiger partial charge in [0.1, 0.15) is 18.0 Å². The van der Waals surface area contributed by atoms with Crippen molar-refractivity contribution in [2.24, 2.45) is 0 Å². The average molecular weight is 358 g/mol. The second-order valence-corrected chi connectivity index (χ2v) is 5.11. The number of halogens is 1. The Morgan fingerprint density at radius 2 is 1.92 bits per heavy atom. The zero-order valence-corrected chi connectivity index (χ0v) is 14.9. The number of nitrogens with one attached hydrogen (secondary N) is 1. The molecule has 3 rings (SSSR count). The Morgan fingerprint density at radius 3 is 2.54 bits per heavy atom. The predicted octanol–water partition coefficient (Wildman–Crippen LogP) is 4.76. The molecule has 0 aliphatic carbocycles. The number of nitrogens with zero attached hydrogens (tertiary/aromatic N) is 3. The molecule has 0 fully saturated rings. The van der Waals surface area contributed by atoms with Gasteiger partial charge in [0, 0.05) is 17.8 Å². The molecule has 2 aromatic carbocycles. The Bertz CT molecular complexity index is 947. The molecule has 0 radical (unpaired) electrons. The first-order valence-corrected chi connectivity index (χ1v) is 8.00. The number of hydrogen-bond donors (Lipinski definition) is 1. The third-order valence-corrected chi connectivity index (χ3v) is 3.55. The van der Waals surface area contributed by atoms with Crippen LogP contribution in [0, 0.1) is 22.9 Å². The average Bonchev–Trinajstić information content (AvgIpc) is 2.65. The number of benzene rings is 2. The van der Waals surface area contributed by atoms with Crippen LogP contribution in [0.3, 0.4) is 0 Å². The highest BCUT2D eigenvalue weighted by molar-refractivity contribution is 5.93. The molecule has 0 saturated heterocycles. The van der Waals surface area contributed by atoms with Gasteiger partial charge < -0.3 is 10.1 Å². The second kappa shape index (κ2) is 8.19. The SMILES string of the molecule is CC.COc1cc2ncnc(Nc3ccc(F)c(C)c3)c2cc1[N+](=O)[O-]. The maximum absolute atomic E-state index is 13.4. The number of ether oxygens (including phenoxy) is 1. The molecule has 0 bridgehead atoms. The van der Waals surface area contributed by atoms with E-state index in [4.69, 9.17) is 4.74 Å². The van der Waals surface area contributed by atoms with Gasteiger partial charge in [-0.2, -0.15) is 0 Å². The predicted molar refractivity (Wildman–Crippen MR) is 98.5 cm³/mol. The quantitative estimate of drug-likeness (QED) is 0.534. The van der Waals surface area contributed by atoms with Crippen LogP contribution in [0.5, 0.6) is 5.75 Å². The van der Waals surface area contributed by atoms with Crippen molar-refractivity contribution >= 4 is 28.1 Å². The van der Waals surface area contributed by atoms with E-state index in [0.717, 1.165) is 0 Å². The van der Waals surface area contributed by atoms with E-state index in [0.29, 0.717) is 28.0 Å². The molecule has 1 heterocycles. The van der Waals surface area contributed by atoms with Crippen molar-refractivity contribution in [3.05, 3.63) is 58.2 Å². The number of anilines is 2. The van der Waals surface area contributed by atoms with Crippen LogP contribution in [-0.2, 0) is 0 Å². The summed E-state index contributed by atoms with van der Waals surface area (Å²) >= 11 is 0. The fraction of sp³-hybridized carbons (Fsp3) is 0.222. The number of fused-ring (bicyclic) bond motifs is 1. The van der Waals surface area contributed by atoms with Crippen molar-refractivity contribution in [3.8, 4) is 5.75 Å². The van der Waals surface area contributed by atoms with E-state index in [-0.39, 0.29) is 17.3 Å². The normalized spacial score (nSPS) is 10.0. The zero-order chi connectivity index (χ0) is 19.3. The fourth-order valence-corrected chi connectivity index (χ4v) is 2.34. The first-order valence-electron chi connectivity index (χ1n) is 8.00. The van der Waals surface area contributed by atoms with Crippen LogP contribution in [0.1, 0.15) is 19.4 Å². The van der Waals surface area contributed by atoms with Crippen LogP contribution in [0.15, 0.2) is 36.7 Å². The van der Waals surface area contributed by atoms with Crippen LogP contribution in [-0.4, -0.2) is 22.0 Å². The Hall–Kier alpha value is -3.29. The molecule has 0 aliphatic rings. The number of aryl methyl sites for hydroxylation is 1. The molecule has 1 N–H and O–H groups in total. The summed E-state index contributed by atoms with van der Waals surface area (Å²) in [7, 11) is 1.36. The van der Waals surface area contributed by atoms with Crippen LogP contribution in [0.4, 0.5) is 21.6 Å². The molecule has 0 aliphatic heterocycles. The highest BCUT2D eigenvalue weighted by Gasteiger charge is 2.18. The minimum absolute atomic E-state index is 0.120. The Morgan fingerprint density at radius 1 is 1.19 bits per heavy atom. The van der Waals surface area contributed by atoms with Gasteiger partial charge in [-0.15, -0.1) is 0 Å². The van der Waals surface area contributed by atoms with Crippen molar-refractivity contribution in [2.75, 3.05) is 12.4 Å². The number of nitro groups is 1. The standard InChI is InChI=1S/C16H13FN4O3.C2H6/c1-9-5-10(3-4-12(9)17)20-16-11-6-14(21(22)23)15(24-2)7-13(11)18-8-19-16;1-2/h3-8H,1-2H3,(H,18,19,20);1-2H3. The highest BCUT2D eigenvalue weighted by Crippen LogP contribution is 2.34. The molecule has 0 amide bonds. The van der Waals surface area contributed by atoms with E-state index in [9.17, 15) is 14.5 Å². The van der Waals surface area contributed by atoms with Crippen molar-refractivity contribution in [1.82, 2.24) is 9.97 Å². The smallest absolute Gasteiger partial charge is 0.311 e. The third-order valence-electron chi connectivity index (χ3n) is 3.55. The summed E-state index contributed by atoms with van der Waals surface area (Å²) in [4.78, 5) is 18.9. The first kappa shape index (κ1) is 19.0. The summed E-state index contributed by atoms with van der Waals surface area (Å²) in [6.07, 6.45) is 1.34. The van der Waals surface area contributed by atoms with E-state index < -0.39 is 4.92 Å². The molecule has 8 heteroatoms. The molecule has 0 unspecified atom stereocenters. The number of rotatable bonds is 4. The summed E-state index contributed by atoms with van der Waals surface area (Å²) in [5.74, 6) is 0.194. The number of nitro benzene ring substituents is 1. The van der Waals surface area contributed by atoms with Crippen LogP contribution in [0.2, 0.25) is 0 Å². The molecule has 3 aromatic rings. The van der Waals surface area contributed by atoms with E-state index in [1.54, 1.807) is 19.1 Å². The van der Waals surface area contributed by atoms with Gasteiger partial charge in [0.15, 0.2) is 5.75 Å². The Kier molecular flexibility index (Phi) is 6.00. The lowest BCUT2D eigenvalue weighted by atomic mass is 10.1. The Balaban J connectivity index is 0.00000117. The van der Waals surface area contributed by atoms with Gasteiger partial charge in [0.25, 0.3) is 0 Å². The second-order valence-electron chi connectivity index (χ2n) is 5.11. The van der Waals surface area contributed by atoms with Gasteiger partial charge >= 0.3 is 5.69 Å². The van der Waals surface area contributed by atoms with Crippen LogP contribution >= 0.6 is 0 Å². The molecule has 0 saturated carbocycles. The van der Waals surface area contributed by atoms with Gasteiger partial charge in [-0.3, -0.25) is 10.1 Å². The zero-order valence-electron chi connectivity index (χ0n) is 14.9. The van der Waals surface area contributed by atoms with Crippen LogP contribution < -0.4 is 10.1 Å². The highest BCUT2D eigenvalue weighted by atomic mass is 19.1. The minimum Gasteiger partial charge on any atom is -0.490 e. The summed E-state index contributed by atoms with van der Waals surface area (Å²) < 4.78 is 18.4. The Labute approximate surface area is 150 Å². The monoisotopic (exact) mass is 358 g/mol. The summed E-state index contributed by atoms with van der Waals surface area (Å²) in [6, 6.07) is 7.37. The van der Waals surface area contributed by atoms with Crippen LogP contribution in [0.25, 0.3) is 10.9 Å². The molecule has 136 valence electrons. The van der Waals surface area contributed by atoms with E-state index in [1.165, 1.54) is 31.6 Å². The van der Waals surface area contributed by atoms with Crippen molar-refractivity contribution < 1.29 is 14.1 Å². The molecule has 1 aromatic heterocycles. The number of aromatic nitrogens is 2. The lowest BCUT2D eigenvalue weighted by Gasteiger charge is -2.10. The third kappa shape index (κ3) is 3.85. The number of methoxy groups -OCH3 is 1. The molecule has 0 spiro atoms. The van der Waals surface area contributed by atoms with Gasteiger partial charge in [0.05, 0.1) is 22.9 Å². The van der Waals surface area contributed by atoms with Crippen molar-refractivity contribution in [1.29, 1.82) is 0 Å². The van der Waals surface area contributed by atoms with E-state index in [2.05, 4.69) is 15.3 Å². The van der Waals surface area contributed by atoms with E-state index >= 15 is 0 Å². The minimum atomic E-state index is -0.531. The molecule has 0 atom stereocenters. The molecular weight excluding hydrogens is 339 g/mol. The van der Waals surface area contributed by atoms with Crippen molar-refractivity contribution in [3.63, 3.8) is 0 Å². The summed E-state index contributed by atoms with van der Waals surface area (Å²) in [6.45, 7) is 5.65. The van der Waals surface area contributed by atoms with Gasteiger partial charge in [-0.05, 0) is 30.7 Å². The first-order chi connectivity index (χ1) is 12.5.